The van der Waals surface area contributed by atoms with Gasteiger partial charge in [-0.15, -0.1) is 0 Å². The summed E-state index contributed by atoms with van der Waals surface area (Å²) in [6.45, 7) is 8.80. The molecule has 1 heteroatoms. The molecule has 1 aromatic rings. The standard InChI is InChI=1S/C19H33N/c1-4-5-6-7-8-9-10-11-12-20-16-19-14-17(2)13-18(3)15-19/h13-15,20H,4-12,16H2,1-3H3. The first-order chi connectivity index (χ1) is 9.72. The molecule has 1 aromatic carbocycles. The molecule has 0 fully saturated rings. The molecule has 0 unspecified atom stereocenters. The molecule has 1 nitrogen and oxygen atoms in total. The second-order valence-corrected chi connectivity index (χ2v) is 6.15. The lowest BCUT2D eigenvalue weighted by atomic mass is 10.1. The van der Waals surface area contributed by atoms with Crippen molar-refractivity contribution in [2.24, 2.45) is 0 Å². The van der Waals surface area contributed by atoms with Crippen LogP contribution >= 0.6 is 0 Å². The second kappa shape index (κ2) is 10.9. The normalized spacial score (nSPS) is 10.9. The van der Waals surface area contributed by atoms with Gasteiger partial charge in [0, 0.05) is 6.54 Å². The Hall–Kier alpha value is -0.820. The van der Waals surface area contributed by atoms with Gasteiger partial charge in [-0.1, -0.05) is 81.2 Å². The van der Waals surface area contributed by atoms with Crippen LogP contribution in [0.15, 0.2) is 18.2 Å². The number of nitrogens with one attached hydrogen (secondary N) is 1. The van der Waals surface area contributed by atoms with Gasteiger partial charge in [-0.25, -0.2) is 0 Å². The molecule has 0 aliphatic rings. The molecule has 0 radical (unpaired) electrons. The second-order valence-electron chi connectivity index (χ2n) is 6.15. The van der Waals surface area contributed by atoms with Crippen molar-refractivity contribution in [3.8, 4) is 0 Å². The highest BCUT2D eigenvalue weighted by molar-refractivity contribution is 5.28. The number of rotatable bonds is 11. The van der Waals surface area contributed by atoms with Crippen LogP contribution in [-0.4, -0.2) is 6.54 Å². The van der Waals surface area contributed by atoms with Gasteiger partial charge in [-0.3, -0.25) is 0 Å². The van der Waals surface area contributed by atoms with Gasteiger partial charge in [-0.05, 0) is 32.4 Å². The summed E-state index contributed by atoms with van der Waals surface area (Å²) in [5.74, 6) is 0. The van der Waals surface area contributed by atoms with Gasteiger partial charge in [0.2, 0.25) is 0 Å². The van der Waals surface area contributed by atoms with E-state index in [1.165, 1.54) is 68.1 Å². The third kappa shape index (κ3) is 8.37. The average molecular weight is 275 g/mol. The van der Waals surface area contributed by atoms with E-state index in [0.29, 0.717) is 0 Å². The Kier molecular flexibility index (Phi) is 9.40. The quantitative estimate of drug-likeness (QED) is 0.523. The average Bonchev–Trinajstić information content (AvgIpc) is 2.40. The van der Waals surface area contributed by atoms with E-state index >= 15 is 0 Å². The van der Waals surface area contributed by atoms with Crippen LogP contribution in [0.1, 0.15) is 75.0 Å². The van der Waals surface area contributed by atoms with Crippen LogP contribution < -0.4 is 5.32 Å². The minimum absolute atomic E-state index is 1.01. The highest BCUT2D eigenvalue weighted by Gasteiger charge is 1.96. The zero-order valence-corrected chi connectivity index (χ0v) is 13.8. The highest BCUT2D eigenvalue weighted by atomic mass is 14.8. The van der Waals surface area contributed by atoms with Gasteiger partial charge >= 0.3 is 0 Å². The Balaban J connectivity index is 1.97. The molecular weight excluding hydrogens is 242 g/mol. The van der Waals surface area contributed by atoms with E-state index in [2.05, 4.69) is 44.3 Å². The predicted molar refractivity (Wildman–Crippen MR) is 90.2 cm³/mol. The predicted octanol–water partition coefficient (Wildman–Crippen LogP) is 5.53. The third-order valence-corrected chi connectivity index (χ3v) is 3.82. The van der Waals surface area contributed by atoms with Crippen molar-refractivity contribution in [2.75, 3.05) is 6.54 Å². The molecule has 0 spiro atoms. The summed E-state index contributed by atoms with van der Waals surface area (Å²) in [6.07, 6.45) is 11.2. The van der Waals surface area contributed by atoms with Gasteiger partial charge in [0.25, 0.3) is 0 Å². The van der Waals surface area contributed by atoms with Crippen molar-refractivity contribution in [3.05, 3.63) is 34.9 Å². The molecule has 0 amide bonds. The maximum Gasteiger partial charge on any atom is 0.0205 e. The third-order valence-electron chi connectivity index (χ3n) is 3.82. The molecule has 0 aliphatic heterocycles. The fourth-order valence-corrected chi connectivity index (χ4v) is 2.79. The van der Waals surface area contributed by atoms with E-state index < -0.39 is 0 Å². The summed E-state index contributed by atoms with van der Waals surface area (Å²) in [6, 6.07) is 6.81. The largest absolute Gasteiger partial charge is 0.313 e. The Morgan fingerprint density at radius 1 is 0.750 bits per heavy atom. The summed E-state index contributed by atoms with van der Waals surface area (Å²) in [5.41, 5.74) is 4.16. The maximum atomic E-state index is 3.57. The fraction of sp³-hybridized carbons (Fsp3) is 0.684. The molecule has 0 saturated heterocycles. The monoisotopic (exact) mass is 275 g/mol. The molecular formula is C19H33N. The molecule has 114 valence electrons. The summed E-state index contributed by atoms with van der Waals surface area (Å²) < 4.78 is 0. The van der Waals surface area contributed by atoms with E-state index in [9.17, 15) is 0 Å². The summed E-state index contributed by atoms with van der Waals surface area (Å²) >= 11 is 0. The fourth-order valence-electron chi connectivity index (χ4n) is 2.79. The summed E-state index contributed by atoms with van der Waals surface area (Å²) in [5, 5.41) is 3.57. The smallest absolute Gasteiger partial charge is 0.0205 e. The Labute approximate surface area is 126 Å². The molecule has 1 N–H and O–H groups in total. The van der Waals surface area contributed by atoms with Gasteiger partial charge in [0.05, 0.1) is 0 Å². The van der Waals surface area contributed by atoms with Crippen molar-refractivity contribution in [2.45, 2.75) is 78.7 Å². The molecule has 0 saturated carbocycles. The van der Waals surface area contributed by atoms with Crippen LogP contribution in [0, 0.1) is 13.8 Å². The molecule has 20 heavy (non-hydrogen) atoms. The van der Waals surface area contributed by atoms with Crippen molar-refractivity contribution in [3.63, 3.8) is 0 Å². The molecule has 1 rings (SSSR count). The first-order valence-corrected chi connectivity index (χ1v) is 8.50. The zero-order chi connectivity index (χ0) is 14.6. The van der Waals surface area contributed by atoms with Crippen LogP contribution in [0.5, 0.6) is 0 Å². The van der Waals surface area contributed by atoms with Gasteiger partial charge in [-0.2, -0.15) is 0 Å². The van der Waals surface area contributed by atoms with Crippen LogP contribution in [-0.2, 0) is 6.54 Å². The van der Waals surface area contributed by atoms with E-state index in [0.717, 1.165) is 13.1 Å². The van der Waals surface area contributed by atoms with E-state index in [-0.39, 0.29) is 0 Å². The summed E-state index contributed by atoms with van der Waals surface area (Å²) in [4.78, 5) is 0. The Morgan fingerprint density at radius 2 is 1.30 bits per heavy atom. The lowest BCUT2D eigenvalue weighted by Crippen LogP contribution is -2.14. The van der Waals surface area contributed by atoms with Gasteiger partial charge in [0.1, 0.15) is 0 Å². The Morgan fingerprint density at radius 3 is 1.90 bits per heavy atom. The van der Waals surface area contributed by atoms with Crippen LogP contribution in [0.3, 0.4) is 0 Å². The number of hydrogen-bond donors (Lipinski definition) is 1. The molecule has 0 aliphatic carbocycles. The van der Waals surface area contributed by atoms with Crippen molar-refractivity contribution >= 4 is 0 Å². The maximum absolute atomic E-state index is 3.57. The van der Waals surface area contributed by atoms with Gasteiger partial charge in [0.15, 0.2) is 0 Å². The first-order valence-electron chi connectivity index (χ1n) is 8.50. The van der Waals surface area contributed by atoms with Crippen molar-refractivity contribution in [1.29, 1.82) is 0 Å². The van der Waals surface area contributed by atoms with Crippen molar-refractivity contribution < 1.29 is 0 Å². The lowest BCUT2D eigenvalue weighted by Gasteiger charge is -2.07. The number of aryl methyl sites for hydroxylation is 2. The van der Waals surface area contributed by atoms with Crippen LogP contribution in [0.4, 0.5) is 0 Å². The molecule has 0 heterocycles. The van der Waals surface area contributed by atoms with E-state index in [1.807, 2.05) is 0 Å². The molecule has 0 aromatic heterocycles. The zero-order valence-electron chi connectivity index (χ0n) is 13.8. The highest BCUT2D eigenvalue weighted by Crippen LogP contribution is 2.09. The number of hydrogen-bond acceptors (Lipinski definition) is 1. The van der Waals surface area contributed by atoms with Gasteiger partial charge < -0.3 is 5.32 Å². The van der Waals surface area contributed by atoms with Crippen LogP contribution in [0.25, 0.3) is 0 Å². The SMILES string of the molecule is CCCCCCCCCCNCc1cc(C)cc(C)c1. The number of benzene rings is 1. The minimum Gasteiger partial charge on any atom is -0.313 e. The number of unbranched alkanes of at least 4 members (excludes halogenated alkanes) is 7. The van der Waals surface area contributed by atoms with E-state index in [4.69, 9.17) is 0 Å². The van der Waals surface area contributed by atoms with Crippen molar-refractivity contribution in [1.82, 2.24) is 5.32 Å². The minimum atomic E-state index is 1.01. The first kappa shape index (κ1) is 17.2. The lowest BCUT2D eigenvalue weighted by molar-refractivity contribution is 0.555. The molecule has 0 atom stereocenters. The molecule has 0 bridgehead atoms. The topological polar surface area (TPSA) is 12.0 Å². The summed E-state index contributed by atoms with van der Waals surface area (Å²) in [7, 11) is 0. The van der Waals surface area contributed by atoms with E-state index in [1.54, 1.807) is 0 Å². The van der Waals surface area contributed by atoms with Crippen LogP contribution in [0.2, 0.25) is 0 Å². The Bertz CT molecular complexity index is 337.